The highest BCUT2D eigenvalue weighted by molar-refractivity contribution is 5.12. The Labute approximate surface area is 47.8 Å². The predicted octanol–water partition coefficient (Wildman–Crippen LogP) is 0.896. The number of hydrogen-bond acceptors (Lipinski definition) is 2. The van der Waals surface area contributed by atoms with Gasteiger partial charge in [0, 0.05) is 12.3 Å². The van der Waals surface area contributed by atoms with E-state index in [0.717, 1.165) is 5.56 Å². The van der Waals surface area contributed by atoms with Gasteiger partial charge < -0.3 is 5.11 Å². The van der Waals surface area contributed by atoms with Gasteiger partial charge in [-0.2, -0.15) is 0 Å². The lowest BCUT2D eigenvalue weighted by Gasteiger charge is -1.87. The highest BCUT2D eigenvalue weighted by atomic mass is 16.3. The van der Waals surface area contributed by atoms with E-state index in [9.17, 15) is 0 Å². The summed E-state index contributed by atoms with van der Waals surface area (Å²) in [7, 11) is 0. The van der Waals surface area contributed by atoms with Crippen molar-refractivity contribution in [3.8, 4) is 5.88 Å². The molecule has 0 saturated carbocycles. The molecule has 1 N–H and O–H groups in total. The van der Waals surface area contributed by atoms with Crippen molar-refractivity contribution < 1.29 is 5.11 Å². The van der Waals surface area contributed by atoms with Crippen LogP contribution in [0.4, 0.5) is 0 Å². The molecule has 2 nitrogen and oxygen atoms in total. The Morgan fingerprint density at radius 2 is 2.50 bits per heavy atom. The largest absolute Gasteiger partial charge is 0.493 e. The molecule has 1 rings (SSSR count). The van der Waals surface area contributed by atoms with Crippen LogP contribution in [0.25, 0.3) is 0 Å². The summed E-state index contributed by atoms with van der Waals surface area (Å²) < 4.78 is 0. The standard InChI is InChI=1S/C6H6NO/c1-5-2-3-6(8)7-4-5/h3-4H,1H3,(H,7,8). The van der Waals surface area contributed by atoms with Crippen molar-refractivity contribution in [2.24, 2.45) is 0 Å². The molecule has 8 heavy (non-hydrogen) atoms. The van der Waals surface area contributed by atoms with E-state index in [1.165, 1.54) is 6.07 Å². The number of nitrogens with zero attached hydrogens (tertiary/aromatic N) is 1. The molecule has 0 bridgehead atoms. The second-order valence-corrected chi connectivity index (χ2v) is 1.59. The molecule has 0 aliphatic rings. The van der Waals surface area contributed by atoms with Gasteiger partial charge in [-0.25, -0.2) is 4.98 Å². The van der Waals surface area contributed by atoms with Crippen LogP contribution in [0.5, 0.6) is 5.88 Å². The summed E-state index contributed by atoms with van der Waals surface area (Å²) in [5.74, 6) is 0.0237. The first-order valence-electron chi connectivity index (χ1n) is 2.32. The molecule has 0 aromatic carbocycles. The van der Waals surface area contributed by atoms with Crippen molar-refractivity contribution in [3.63, 3.8) is 0 Å². The first-order chi connectivity index (χ1) is 3.79. The van der Waals surface area contributed by atoms with Crippen LogP contribution in [0, 0.1) is 13.0 Å². The van der Waals surface area contributed by atoms with Crippen LogP contribution in [0.2, 0.25) is 0 Å². The van der Waals surface area contributed by atoms with E-state index >= 15 is 0 Å². The molecule has 1 aromatic rings. The lowest BCUT2D eigenvalue weighted by Crippen LogP contribution is -1.74. The van der Waals surface area contributed by atoms with Crippen molar-refractivity contribution in [2.75, 3.05) is 0 Å². The average Bonchev–Trinajstić information content (AvgIpc) is 1.77. The number of rotatable bonds is 0. The fraction of sp³-hybridized carbons (Fsp3) is 0.167. The van der Waals surface area contributed by atoms with Gasteiger partial charge in [0.15, 0.2) is 0 Å². The Morgan fingerprint density at radius 1 is 1.75 bits per heavy atom. The second-order valence-electron chi connectivity index (χ2n) is 1.59. The van der Waals surface area contributed by atoms with Gasteiger partial charge in [-0.3, -0.25) is 0 Å². The summed E-state index contributed by atoms with van der Waals surface area (Å²) in [4.78, 5) is 3.60. The second kappa shape index (κ2) is 1.82. The molecule has 1 heterocycles. The minimum absolute atomic E-state index is 0.0237. The van der Waals surface area contributed by atoms with Crippen LogP contribution in [0.3, 0.4) is 0 Å². The average molecular weight is 108 g/mol. The van der Waals surface area contributed by atoms with Gasteiger partial charge in [0.25, 0.3) is 0 Å². The van der Waals surface area contributed by atoms with Crippen molar-refractivity contribution in [2.45, 2.75) is 6.92 Å². The van der Waals surface area contributed by atoms with E-state index in [4.69, 9.17) is 5.11 Å². The SMILES string of the molecule is Cc1[c]cc(O)nc1. The fourth-order valence-corrected chi connectivity index (χ4v) is 0.416. The van der Waals surface area contributed by atoms with Crippen LogP contribution < -0.4 is 0 Å². The molecule has 2 heteroatoms. The normalized spacial score (nSPS) is 9.12. The van der Waals surface area contributed by atoms with Crippen LogP contribution >= 0.6 is 0 Å². The van der Waals surface area contributed by atoms with Gasteiger partial charge in [0.1, 0.15) is 0 Å². The van der Waals surface area contributed by atoms with Gasteiger partial charge in [-0.1, -0.05) is 0 Å². The highest BCUT2D eigenvalue weighted by Gasteiger charge is 1.84. The Hall–Kier alpha value is -1.05. The van der Waals surface area contributed by atoms with E-state index in [2.05, 4.69) is 11.1 Å². The lowest BCUT2D eigenvalue weighted by molar-refractivity contribution is 0.453. The third kappa shape index (κ3) is 0.964. The Kier molecular flexibility index (Phi) is 1.16. The number of hydrogen-bond donors (Lipinski definition) is 1. The van der Waals surface area contributed by atoms with Gasteiger partial charge in [-0.15, -0.1) is 0 Å². The molecule has 0 aliphatic carbocycles. The molecule has 41 valence electrons. The summed E-state index contributed by atoms with van der Waals surface area (Å²) in [6.45, 7) is 1.87. The zero-order chi connectivity index (χ0) is 5.98. The van der Waals surface area contributed by atoms with Crippen molar-refractivity contribution in [3.05, 3.63) is 23.9 Å². The maximum absolute atomic E-state index is 8.61. The highest BCUT2D eigenvalue weighted by Crippen LogP contribution is 2.01. The molecule has 0 atom stereocenters. The van der Waals surface area contributed by atoms with E-state index in [1.807, 2.05) is 6.92 Å². The van der Waals surface area contributed by atoms with Crippen LogP contribution in [-0.4, -0.2) is 10.1 Å². The molecule has 0 saturated heterocycles. The molecule has 0 fully saturated rings. The van der Waals surface area contributed by atoms with E-state index in [-0.39, 0.29) is 5.88 Å². The summed E-state index contributed by atoms with van der Waals surface area (Å²) in [5, 5.41) is 8.61. The van der Waals surface area contributed by atoms with Gasteiger partial charge in [-0.05, 0) is 18.6 Å². The molecular weight excluding hydrogens is 102 g/mol. The third-order valence-electron chi connectivity index (χ3n) is 0.819. The third-order valence-corrected chi connectivity index (χ3v) is 0.819. The van der Waals surface area contributed by atoms with E-state index in [0.29, 0.717) is 0 Å². The Balaban J connectivity index is 3.03. The number of aromatic nitrogens is 1. The fourth-order valence-electron chi connectivity index (χ4n) is 0.416. The minimum atomic E-state index is 0.0237. The molecule has 0 unspecified atom stereocenters. The van der Waals surface area contributed by atoms with Crippen LogP contribution in [-0.2, 0) is 0 Å². The number of aryl methyl sites for hydroxylation is 1. The van der Waals surface area contributed by atoms with E-state index in [1.54, 1.807) is 6.20 Å². The van der Waals surface area contributed by atoms with Gasteiger partial charge in [0.2, 0.25) is 5.88 Å². The van der Waals surface area contributed by atoms with Crippen LogP contribution in [0.15, 0.2) is 12.3 Å². The zero-order valence-electron chi connectivity index (χ0n) is 4.55. The summed E-state index contributed by atoms with van der Waals surface area (Å²) in [5.41, 5.74) is 0.933. The maximum atomic E-state index is 8.61. The van der Waals surface area contributed by atoms with Crippen molar-refractivity contribution >= 4 is 0 Å². The summed E-state index contributed by atoms with van der Waals surface area (Å²) >= 11 is 0. The Bertz CT molecular complexity index is 147. The molecule has 0 aliphatic heterocycles. The molecule has 0 amide bonds. The molecule has 1 aromatic heterocycles. The van der Waals surface area contributed by atoms with Gasteiger partial charge in [0.05, 0.1) is 0 Å². The number of aromatic hydroxyl groups is 1. The maximum Gasteiger partial charge on any atom is 0.211 e. The molecular formula is C6H6NO. The minimum Gasteiger partial charge on any atom is -0.493 e. The zero-order valence-corrected chi connectivity index (χ0v) is 4.55. The summed E-state index contributed by atoms with van der Waals surface area (Å²) in [6.07, 6.45) is 1.56. The van der Waals surface area contributed by atoms with Crippen molar-refractivity contribution in [1.29, 1.82) is 0 Å². The first kappa shape index (κ1) is 5.09. The topological polar surface area (TPSA) is 33.1 Å². The lowest BCUT2D eigenvalue weighted by atomic mass is 10.3. The predicted molar refractivity (Wildman–Crippen MR) is 29.5 cm³/mol. The quantitative estimate of drug-likeness (QED) is 0.535. The molecule has 1 radical (unpaired) electrons. The smallest absolute Gasteiger partial charge is 0.211 e. The van der Waals surface area contributed by atoms with E-state index < -0.39 is 0 Å². The van der Waals surface area contributed by atoms with Gasteiger partial charge >= 0.3 is 0 Å². The number of pyridine rings is 1. The molecule has 0 spiro atoms. The monoisotopic (exact) mass is 108 g/mol. The summed E-state index contributed by atoms with van der Waals surface area (Å²) in [6, 6.07) is 4.23. The Morgan fingerprint density at radius 3 is 2.88 bits per heavy atom. The van der Waals surface area contributed by atoms with Crippen molar-refractivity contribution in [1.82, 2.24) is 4.98 Å². The van der Waals surface area contributed by atoms with Crippen LogP contribution in [0.1, 0.15) is 5.56 Å². The first-order valence-corrected chi connectivity index (χ1v) is 2.32.